The van der Waals surface area contributed by atoms with Crippen LogP contribution in [0.15, 0.2) is 30.3 Å². The summed E-state index contributed by atoms with van der Waals surface area (Å²) >= 11 is 6.54. The van der Waals surface area contributed by atoms with E-state index in [2.05, 4.69) is 0 Å². The molecule has 4 N–H and O–H groups in total. The highest BCUT2D eigenvalue weighted by Gasteiger charge is 2.44. The van der Waals surface area contributed by atoms with Crippen LogP contribution < -0.4 is 14.2 Å². The van der Waals surface area contributed by atoms with Crippen molar-refractivity contribution in [3.8, 4) is 17.2 Å². The number of aliphatic hydroxyl groups excluding tert-OH is 4. The summed E-state index contributed by atoms with van der Waals surface area (Å²) in [7, 11) is 1.48. The molecule has 0 aromatic heterocycles. The van der Waals surface area contributed by atoms with Gasteiger partial charge in [-0.2, -0.15) is 0 Å². The lowest BCUT2D eigenvalue weighted by molar-refractivity contribution is -0.231. The summed E-state index contributed by atoms with van der Waals surface area (Å²) in [5, 5.41) is 40.6. The first-order chi connectivity index (χ1) is 14.9. The zero-order chi connectivity index (χ0) is 22.1. The summed E-state index contributed by atoms with van der Waals surface area (Å²) < 4.78 is 22.3. The number of rotatable bonds is 5. The first-order valence-corrected chi connectivity index (χ1v) is 10.4. The summed E-state index contributed by atoms with van der Waals surface area (Å²) in [4.78, 5) is 0. The lowest BCUT2D eigenvalue weighted by Gasteiger charge is -2.40. The van der Waals surface area contributed by atoms with Gasteiger partial charge in [0.15, 0.2) is 11.5 Å². The van der Waals surface area contributed by atoms with Crippen LogP contribution in [-0.2, 0) is 11.2 Å². The molecule has 0 spiro atoms. The molecule has 1 fully saturated rings. The van der Waals surface area contributed by atoms with E-state index >= 15 is 0 Å². The maximum atomic E-state index is 10.5. The summed E-state index contributed by atoms with van der Waals surface area (Å²) in [6.07, 6.45) is -5.85. The average molecular weight is 453 g/mol. The summed E-state index contributed by atoms with van der Waals surface area (Å²) in [5.74, 6) is 1.73. The third-order valence-electron chi connectivity index (χ3n) is 5.58. The van der Waals surface area contributed by atoms with Crippen LogP contribution in [0.1, 0.15) is 22.8 Å². The van der Waals surface area contributed by atoms with E-state index in [1.807, 2.05) is 18.2 Å². The molecule has 4 rings (SSSR count). The van der Waals surface area contributed by atoms with Gasteiger partial charge in [0.05, 0.1) is 18.7 Å². The van der Waals surface area contributed by atoms with Crippen molar-refractivity contribution in [1.29, 1.82) is 0 Å². The van der Waals surface area contributed by atoms with Crippen LogP contribution in [0.4, 0.5) is 0 Å². The molecule has 2 heterocycles. The first-order valence-electron chi connectivity index (χ1n) is 9.98. The second-order valence-electron chi connectivity index (χ2n) is 7.60. The van der Waals surface area contributed by atoms with Crippen LogP contribution in [0.3, 0.4) is 0 Å². The van der Waals surface area contributed by atoms with E-state index in [1.165, 1.54) is 7.11 Å². The van der Waals surface area contributed by atoms with E-state index in [1.54, 1.807) is 12.1 Å². The molecule has 168 valence electrons. The zero-order valence-corrected chi connectivity index (χ0v) is 17.7. The fraction of sp³-hybridized carbons (Fsp3) is 0.455. The molecule has 2 aliphatic heterocycles. The lowest BCUT2D eigenvalue weighted by atomic mass is 9.90. The molecule has 2 aliphatic rings. The average Bonchev–Trinajstić information content (AvgIpc) is 2.79. The molecule has 0 amide bonds. The van der Waals surface area contributed by atoms with Crippen LogP contribution in [-0.4, -0.2) is 71.8 Å². The van der Waals surface area contributed by atoms with Gasteiger partial charge in [0, 0.05) is 0 Å². The van der Waals surface area contributed by atoms with Crippen molar-refractivity contribution in [2.45, 2.75) is 36.9 Å². The third-order valence-corrected chi connectivity index (χ3v) is 6.01. The van der Waals surface area contributed by atoms with Crippen molar-refractivity contribution in [2.24, 2.45) is 0 Å². The van der Waals surface area contributed by atoms with E-state index in [-0.39, 0.29) is 0 Å². The molecule has 0 radical (unpaired) electrons. The SMILES string of the molecule is COc1cc(C2OC(CO)C(O)C(O)C2O)cc(Cc2ccc3c(c2)OCCO3)c1Cl. The maximum Gasteiger partial charge on any atom is 0.161 e. The van der Waals surface area contributed by atoms with Crippen LogP contribution in [0.5, 0.6) is 17.2 Å². The molecule has 1 saturated heterocycles. The molecule has 5 atom stereocenters. The Morgan fingerprint density at radius 2 is 1.74 bits per heavy atom. The van der Waals surface area contributed by atoms with Crippen molar-refractivity contribution in [3.05, 3.63) is 52.0 Å². The Kier molecular flexibility index (Phi) is 6.57. The van der Waals surface area contributed by atoms with E-state index < -0.39 is 37.1 Å². The Balaban J connectivity index is 1.67. The highest BCUT2D eigenvalue weighted by molar-refractivity contribution is 6.32. The Hall–Kier alpha value is -2.07. The minimum atomic E-state index is -1.47. The molecule has 8 nitrogen and oxygen atoms in total. The van der Waals surface area contributed by atoms with E-state index in [9.17, 15) is 20.4 Å². The van der Waals surface area contributed by atoms with Crippen molar-refractivity contribution < 1.29 is 39.4 Å². The Morgan fingerprint density at radius 3 is 2.45 bits per heavy atom. The van der Waals surface area contributed by atoms with Gasteiger partial charge in [0.1, 0.15) is 49.5 Å². The van der Waals surface area contributed by atoms with Gasteiger partial charge < -0.3 is 39.4 Å². The molecule has 31 heavy (non-hydrogen) atoms. The summed E-state index contributed by atoms with van der Waals surface area (Å²) in [5.41, 5.74) is 2.15. The summed E-state index contributed by atoms with van der Waals surface area (Å²) in [6, 6.07) is 9.02. The van der Waals surface area contributed by atoms with Gasteiger partial charge >= 0.3 is 0 Å². The molecule has 2 aromatic rings. The highest BCUT2D eigenvalue weighted by Crippen LogP contribution is 2.39. The second kappa shape index (κ2) is 9.20. The predicted molar refractivity (Wildman–Crippen MR) is 111 cm³/mol. The lowest BCUT2D eigenvalue weighted by Crippen LogP contribution is -2.55. The van der Waals surface area contributed by atoms with E-state index in [4.69, 9.17) is 30.5 Å². The van der Waals surface area contributed by atoms with Gasteiger partial charge in [-0.3, -0.25) is 0 Å². The molecule has 0 aliphatic carbocycles. The molecule has 0 bridgehead atoms. The standard InChI is InChI=1S/C22H25ClO8/c1-28-16-9-13(22-21(27)20(26)19(25)17(10-24)31-22)8-12(18(16)23)6-11-2-3-14-15(7-11)30-5-4-29-14/h2-3,7-9,17,19-22,24-27H,4-6,10H2,1H3. The number of fused-ring (bicyclic) bond motifs is 1. The topological polar surface area (TPSA) is 118 Å². The van der Waals surface area contributed by atoms with Crippen LogP contribution in [0.2, 0.25) is 5.02 Å². The fourth-order valence-corrected chi connectivity index (χ4v) is 4.17. The van der Waals surface area contributed by atoms with Crippen molar-refractivity contribution in [3.63, 3.8) is 0 Å². The van der Waals surface area contributed by atoms with Crippen LogP contribution >= 0.6 is 11.6 Å². The fourth-order valence-electron chi connectivity index (χ4n) is 3.92. The summed E-state index contributed by atoms with van der Waals surface area (Å²) in [6.45, 7) is 0.490. The van der Waals surface area contributed by atoms with E-state index in [0.29, 0.717) is 53.0 Å². The molecule has 2 aromatic carbocycles. The number of aliphatic hydroxyl groups is 4. The maximum absolute atomic E-state index is 10.5. The number of halogens is 1. The van der Waals surface area contributed by atoms with Gasteiger partial charge in [0.25, 0.3) is 0 Å². The van der Waals surface area contributed by atoms with E-state index in [0.717, 1.165) is 5.56 Å². The number of hydrogen-bond acceptors (Lipinski definition) is 8. The largest absolute Gasteiger partial charge is 0.495 e. The Labute approximate surface area is 184 Å². The van der Waals surface area contributed by atoms with Crippen LogP contribution in [0, 0.1) is 0 Å². The van der Waals surface area contributed by atoms with Crippen molar-refractivity contribution >= 4 is 11.6 Å². The van der Waals surface area contributed by atoms with Crippen LogP contribution in [0.25, 0.3) is 0 Å². The molecule has 5 unspecified atom stereocenters. The van der Waals surface area contributed by atoms with Gasteiger partial charge in [-0.1, -0.05) is 23.7 Å². The normalized spacial score (nSPS) is 27.7. The molecule has 0 saturated carbocycles. The Bertz CT molecular complexity index is 934. The monoisotopic (exact) mass is 452 g/mol. The minimum Gasteiger partial charge on any atom is -0.495 e. The van der Waals surface area contributed by atoms with Gasteiger partial charge in [0.2, 0.25) is 0 Å². The predicted octanol–water partition coefficient (Wildman–Crippen LogP) is 1.23. The molecular weight excluding hydrogens is 428 g/mol. The van der Waals surface area contributed by atoms with Crippen molar-refractivity contribution in [2.75, 3.05) is 26.9 Å². The first kappa shape index (κ1) is 22.1. The molecule has 9 heteroatoms. The van der Waals surface area contributed by atoms with Gasteiger partial charge in [-0.25, -0.2) is 0 Å². The number of hydrogen-bond donors (Lipinski definition) is 4. The zero-order valence-electron chi connectivity index (χ0n) is 16.9. The minimum absolute atomic E-state index is 0.378. The van der Waals surface area contributed by atoms with Gasteiger partial charge in [-0.05, 0) is 41.3 Å². The highest BCUT2D eigenvalue weighted by atomic mass is 35.5. The number of ether oxygens (including phenoxy) is 4. The number of methoxy groups -OCH3 is 1. The second-order valence-corrected chi connectivity index (χ2v) is 7.98. The third kappa shape index (κ3) is 4.32. The smallest absolute Gasteiger partial charge is 0.161 e. The van der Waals surface area contributed by atoms with Crippen molar-refractivity contribution in [1.82, 2.24) is 0 Å². The molecular formula is C22H25ClO8. The van der Waals surface area contributed by atoms with Gasteiger partial charge in [-0.15, -0.1) is 0 Å². The Morgan fingerprint density at radius 1 is 1.00 bits per heavy atom. The number of benzene rings is 2. The quantitative estimate of drug-likeness (QED) is 0.535.